The Labute approximate surface area is 188 Å². The highest BCUT2D eigenvalue weighted by molar-refractivity contribution is 6.37. The summed E-state index contributed by atoms with van der Waals surface area (Å²) in [7, 11) is 0. The van der Waals surface area contributed by atoms with Gasteiger partial charge in [-0.25, -0.2) is 9.78 Å². The predicted molar refractivity (Wildman–Crippen MR) is 119 cm³/mol. The van der Waals surface area contributed by atoms with Crippen LogP contribution >= 0.6 is 23.2 Å². The van der Waals surface area contributed by atoms with Crippen molar-refractivity contribution in [1.82, 2.24) is 15.2 Å². The van der Waals surface area contributed by atoms with Gasteiger partial charge in [-0.2, -0.15) is 0 Å². The van der Waals surface area contributed by atoms with Gasteiger partial charge in [0, 0.05) is 6.20 Å². The molecule has 3 aromatic rings. The summed E-state index contributed by atoms with van der Waals surface area (Å²) in [5.41, 5.74) is -0.0811. The van der Waals surface area contributed by atoms with Crippen LogP contribution in [0.15, 0.2) is 48.7 Å². The first-order valence-electron chi connectivity index (χ1n) is 9.45. The van der Waals surface area contributed by atoms with Gasteiger partial charge in [0.25, 0.3) is 5.91 Å². The van der Waals surface area contributed by atoms with Gasteiger partial charge in [0.2, 0.25) is 5.91 Å². The van der Waals surface area contributed by atoms with E-state index >= 15 is 0 Å². The van der Waals surface area contributed by atoms with Crippen molar-refractivity contribution in [3.8, 4) is 0 Å². The first-order valence-corrected chi connectivity index (χ1v) is 10.2. The van der Waals surface area contributed by atoms with E-state index in [1.807, 2.05) is 36.4 Å². The Balaban J connectivity index is 1.59. The Morgan fingerprint density at radius 2 is 1.87 bits per heavy atom. The van der Waals surface area contributed by atoms with Gasteiger partial charge in [0.05, 0.1) is 10.0 Å². The number of halogens is 2. The number of imide groups is 1. The highest BCUT2D eigenvalue weighted by Crippen LogP contribution is 2.34. The van der Waals surface area contributed by atoms with Crippen molar-refractivity contribution in [2.45, 2.75) is 19.4 Å². The fraction of sp³-hybridized carbons (Fsp3) is 0.182. The van der Waals surface area contributed by atoms with Gasteiger partial charge >= 0.3 is 6.03 Å². The Bertz CT molecular complexity index is 1240. The lowest BCUT2D eigenvalue weighted by molar-refractivity contribution is -0.133. The third-order valence-corrected chi connectivity index (χ3v) is 6.21. The number of carbonyl (C=O) groups excluding carboxylic acids is 3. The zero-order valence-electron chi connectivity index (χ0n) is 16.7. The van der Waals surface area contributed by atoms with Crippen molar-refractivity contribution >= 4 is 57.6 Å². The number of anilines is 1. The number of rotatable bonds is 4. The minimum atomic E-state index is -1.30. The summed E-state index contributed by atoms with van der Waals surface area (Å²) in [6.45, 7) is 2.84. The zero-order chi connectivity index (χ0) is 22.3. The van der Waals surface area contributed by atoms with E-state index in [2.05, 4.69) is 15.6 Å². The van der Waals surface area contributed by atoms with Gasteiger partial charge in [-0.15, -0.1) is 0 Å². The number of benzene rings is 2. The number of urea groups is 1. The van der Waals surface area contributed by atoms with Crippen LogP contribution in [0.3, 0.4) is 0 Å². The standard InChI is InChI=1S/C22H18Cl2N4O3/c1-12-16(23)10-25-19(18(12)24)26-17(29)11-28-20(30)22(2,27-21(28)31)15-9-5-7-13-6-3-4-8-14(13)15/h3-10H,11H2,1-2H3,(H,27,31)(H,25,26,29). The monoisotopic (exact) mass is 456 g/mol. The maximum Gasteiger partial charge on any atom is 0.325 e. The van der Waals surface area contributed by atoms with Gasteiger partial charge in [0.15, 0.2) is 5.82 Å². The Kier molecular flexibility index (Phi) is 5.33. The molecule has 1 aromatic heterocycles. The minimum Gasteiger partial charge on any atom is -0.319 e. The lowest BCUT2D eigenvalue weighted by atomic mass is 9.88. The summed E-state index contributed by atoms with van der Waals surface area (Å²) in [5.74, 6) is -1.02. The van der Waals surface area contributed by atoms with Crippen LogP contribution in [0.2, 0.25) is 10.0 Å². The maximum atomic E-state index is 13.2. The molecular formula is C22H18Cl2N4O3. The molecule has 158 valence electrons. The molecule has 1 aliphatic rings. The van der Waals surface area contributed by atoms with Crippen molar-refractivity contribution in [2.75, 3.05) is 11.9 Å². The molecule has 2 N–H and O–H groups in total. The summed E-state index contributed by atoms with van der Waals surface area (Å²) in [4.78, 5) is 43.3. The molecule has 31 heavy (non-hydrogen) atoms. The molecule has 1 atom stereocenters. The van der Waals surface area contributed by atoms with E-state index in [0.717, 1.165) is 15.7 Å². The van der Waals surface area contributed by atoms with Crippen molar-refractivity contribution in [2.24, 2.45) is 0 Å². The fourth-order valence-corrected chi connectivity index (χ4v) is 4.03. The third-order valence-electron chi connectivity index (χ3n) is 5.37. The number of pyridine rings is 1. The summed E-state index contributed by atoms with van der Waals surface area (Å²) >= 11 is 12.1. The molecule has 1 fully saturated rings. The number of hydrogen-bond acceptors (Lipinski definition) is 4. The van der Waals surface area contributed by atoms with Crippen LogP contribution in [0.25, 0.3) is 10.8 Å². The lowest BCUT2D eigenvalue weighted by Gasteiger charge is -2.24. The first kappa shape index (κ1) is 21.1. The van der Waals surface area contributed by atoms with E-state index in [-0.39, 0.29) is 10.8 Å². The molecule has 7 nitrogen and oxygen atoms in total. The van der Waals surface area contributed by atoms with Gasteiger partial charge in [-0.1, -0.05) is 65.7 Å². The molecular weight excluding hydrogens is 439 g/mol. The fourth-order valence-electron chi connectivity index (χ4n) is 3.64. The molecule has 9 heteroatoms. The molecule has 4 rings (SSSR count). The highest BCUT2D eigenvalue weighted by atomic mass is 35.5. The Morgan fingerprint density at radius 1 is 1.16 bits per heavy atom. The Morgan fingerprint density at radius 3 is 2.65 bits per heavy atom. The van der Waals surface area contributed by atoms with Crippen LogP contribution < -0.4 is 10.6 Å². The molecule has 0 bridgehead atoms. The minimum absolute atomic E-state index is 0.109. The average Bonchev–Trinajstić information content (AvgIpc) is 2.97. The van der Waals surface area contributed by atoms with E-state index in [1.165, 1.54) is 6.20 Å². The second-order valence-electron chi connectivity index (χ2n) is 7.42. The topological polar surface area (TPSA) is 91.4 Å². The van der Waals surface area contributed by atoms with E-state index in [9.17, 15) is 14.4 Å². The molecule has 2 aromatic carbocycles. The van der Waals surface area contributed by atoms with E-state index in [4.69, 9.17) is 23.2 Å². The first-order chi connectivity index (χ1) is 14.7. The SMILES string of the molecule is Cc1c(Cl)cnc(NC(=O)CN2C(=O)NC(C)(c3cccc4ccccc34)C2=O)c1Cl. The number of hydrogen-bond donors (Lipinski definition) is 2. The zero-order valence-corrected chi connectivity index (χ0v) is 18.2. The van der Waals surface area contributed by atoms with E-state index in [1.54, 1.807) is 19.9 Å². The molecule has 0 saturated carbocycles. The quantitative estimate of drug-likeness (QED) is 0.573. The summed E-state index contributed by atoms with van der Waals surface area (Å²) < 4.78 is 0. The molecule has 0 radical (unpaired) electrons. The van der Waals surface area contributed by atoms with Crippen molar-refractivity contribution < 1.29 is 14.4 Å². The summed E-state index contributed by atoms with van der Waals surface area (Å²) in [5, 5.41) is 7.61. The molecule has 1 unspecified atom stereocenters. The molecule has 1 saturated heterocycles. The third kappa shape index (κ3) is 3.60. The van der Waals surface area contributed by atoms with Gasteiger partial charge in [-0.3, -0.25) is 14.5 Å². The van der Waals surface area contributed by atoms with Crippen LogP contribution in [0.5, 0.6) is 0 Å². The number of fused-ring (bicyclic) bond motifs is 1. The lowest BCUT2D eigenvalue weighted by Crippen LogP contribution is -2.42. The van der Waals surface area contributed by atoms with Crippen LogP contribution in [-0.2, 0) is 15.1 Å². The smallest absolute Gasteiger partial charge is 0.319 e. The van der Waals surface area contributed by atoms with Crippen molar-refractivity contribution in [3.05, 3.63) is 69.8 Å². The van der Waals surface area contributed by atoms with Crippen molar-refractivity contribution in [1.29, 1.82) is 0 Å². The second-order valence-corrected chi connectivity index (χ2v) is 8.20. The predicted octanol–water partition coefficient (Wildman–Crippen LogP) is 4.26. The van der Waals surface area contributed by atoms with Crippen LogP contribution in [0.1, 0.15) is 18.1 Å². The normalized spacial score (nSPS) is 18.4. The van der Waals surface area contributed by atoms with Crippen LogP contribution in [0, 0.1) is 6.92 Å². The van der Waals surface area contributed by atoms with E-state index < -0.39 is 29.9 Å². The van der Waals surface area contributed by atoms with Crippen LogP contribution in [0.4, 0.5) is 10.6 Å². The number of nitrogens with one attached hydrogen (secondary N) is 2. The van der Waals surface area contributed by atoms with Crippen LogP contribution in [-0.4, -0.2) is 34.3 Å². The van der Waals surface area contributed by atoms with Gasteiger partial charge in [0.1, 0.15) is 12.1 Å². The molecule has 1 aliphatic heterocycles. The number of amides is 4. The maximum absolute atomic E-state index is 13.2. The summed E-state index contributed by atoms with van der Waals surface area (Å²) in [6, 6.07) is 12.5. The largest absolute Gasteiger partial charge is 0.325 e. The second kappa shape index (κ2) is 7.83. The molecule has 0 aliphatic carbocycles. The Hall–Kier alpha value is -3.16. The molecule has 4 amide bonds. The average molecular weight is 457 g/mol. The highest BCUT2D eigenvalue weighted by Gasteiger charge is 2.50. The van der Waals surface area contributed by atoms with Gasteiger partial charge in [-0.05, 0) is 35.7 Å². The molecule has 2 heterocycles. The summed E-state index contributed by atoms with van der Waals surface area (Å²) in [6.07, 6.45) is 1.36. The molecule has 0 spiro atoms. The van der Waals surface area contributed by atoms with Crippen molar-refractivity contribution in [3.63, 3.8) is 0 Å². The van der Waals surface area contributed by atoms with E-state index in [0.29, 0.717) is 16.1 Å². The number of aromatic nitrogens is 1. The number of nitrogens with zero attached hydrogens (tertiary/aromatic N) is 2. The van der Waals surface area contributed by atoms with Gasteiger partial charge < -0.3 is 10.6 Å². The number of carbonyl (C=O) groups is 3.